The topological polar surface area (TPSA) is 97.4 Å². The second-order valence-electron chi connectivity index (χ2n) is 8.82. The fraction of sp³-hybridized carbons (Fsp3) is 0.360. The van der Waals surface area contributed by atoms with Gasteiger partial charge in [-0.05, 0) is 61.4 Å². The summed E-state index contributed by atoms with van der Waals surface area (Å²) in [5, 5.41) is 7.30. The van der Waals surface area contributed by atoms with Gasteiger partial charge in [-0.25, -0.2) is 4.68 Å². The number of nitrogens with zero attached hydrogens (tertiary/aromatic N) is 3. The number of hydrogen-bond acceptors (Lipinski definition) is 5. The molecule has 170 valence electrons. The Hall–Kier alpha value is -3.68. The van der Waals surface area contributed by atoms with E-state index in [-0.39, 0.29) is 30.0 Å². The monoisotopic (exact) mass is 446 g/mol. The lowest BCUT2D eigenvalue weighted by molar-refractivity contribution is -0.122. The highest BCUT2D eigenvalue weighted by Gasteiger charge is 2.30. The van der Waals surface area contributed by atoms with Gasteiger partial charge in [-0.1, -0.05) is 18.2 Å². The van der Waals surface area contributed by atoms with Gasteiger partial charge >= 0.3 is 0 Å². The molecule has 0 unspecified atom stereocenters. The van der Waals surface area contributed by atoms with Crippen LogP contribution in [0.2, 0.25) is 0 Å². The standard InChI is InChI=1S/C25H26N4O4/c30-23(16-29-24(31)12-11-21(27-29)22-6-3-13-33-22)26-19-9-7-17(8-10-19)14-28-15-18-4-1-2-5-20(18)25(28)32/h1-6,11-13,17,19H,7-10,14-16H2,(H,26,30). The lowest BCUT2D eigenvalue weighted by Crippen LogP contribution is -2.42. The molecular formula is C25H26N4O4. The van der Waals surface area contributed by atoms with Crippen LogP contribution in [-0.2, 0) is 17.9 Å². The van der Waals surface area contributed by atoms with Crippen LogP contribution >= 0.6 is 0 Å². The minimum Gasteiger partial charge on any atom is -0.463 e. The van der Waals surface area contributed by atoms with E-state index in [4.69, 9.17) is 4.42 Å². The third-order valence-electron chi connectivity index (χ3n) is 6.52. The van der Waals surface area contributed by atoms with E-state index in [1.54, 1.807) is 18.2 Å². The van der Waals surface area contributed by atoms with Crippen molar-refractivity contribution in [2.45, 2.75) is 44.8 Å². The van der Waals surface area contributed by atoms with Gasteiger partial charge in [0.05, 0.1) is 6.26 Å². The normalized spacial score (nSPS) is 20.0. The molecule has 8 nitrogen and oxygen atoms in total. The lowest BCUT2D eigenvalue weighted by atomic mass is 9.85. The number of fused-ring (bicyclic) bond motifs is 1. The summed E-state index contributed by atoms with van der Waals surface area (Å²) in [6, 6.07) is 14.3. The number of furan rings is 1. The number of rotatable bonds is 6. The second kappa shape index (κ2) is 9.05. The minimum atomic E-state index is -0.333. The van der Waals surface area contributed by atoms with Gasteiger partial charge in [0.1, 0.15) is 12.2 Å². The predicted molar refractivity (Wildman–Crippen MR) is 121 cm³/mol. The van der Waals surface area contributed by atoms with E-state index >= 15 is 0 Å². The van der Waals surface area contributed by atoms with Crippen LogP contribution < -0.4 is 10.9 Å². The van der Waals surface area contributed by atoms with Crippen LogP contribution in [0.4, 0.5) is 0 Å². The van der Waals surface area contributed by atoms with Crippen LogP contribution in [0.1, 0.15) is 41.6 Å². The van der Waals surface area contributed by atoms with Crippen molar-refractivity contribution in [3.63, 3.8) is 0 Å². The second-order valence-corrected chi connectivity index (χ2v) is 8.82. The van der Waals surface area contributed by atoms with E-state index in [2.05, 4.69) is 10.4 Å². The van der Waals surface area contributed by atoms with Gasteiger partial charge in [-0.2, -0.15) is 5.10 Å². The number of hydrogen-bond donors (Lipinski definition) is 1. The molecule has 0 bridgehead atoms. The van der Waals surface area contributed by atoms with Crippen molar-refractivity contribution in [3.05, 3.63) is 76.3 Å². The molecule has 1 aliphatic carbocycles. The Balaban J connectivity index is 1.12. The van der Waals surface area contributed by atoms with Crippen LogP contribution in [0.15, 0.2) is 64.0 Å². The van der Waals surface area contributed by atoms with Crippen molar-refractivity contribution in [2.24, 2.45) is 5.92 Å². The van der Waals surface area contributed by atoms with Gasteiger partial charge in [0.2, 0.25) is 5.91 Å². The van der Waals surface area contributed by atoms with Crippen molar-refractivity contribution in [2.75, 3.05) is 6.54 Å². The number of amides is 2. The molecule has 5 rings (SSSR count). The summed E-state index contributed by atoms with van der Waals surface area (Å²) in [6.45, 7) is 1.31. The Morgan fingerprint density at radius 1 is 1.03 bits per heavy atom. The summed E-state index contributed by atoms with van der Waals surface area (Å²) in [4.78, 5) is 39.3. The van der Waals surface area contributed by atoms with E-state index in [1.807, 2.05) is 29.2 Å². The highest BCUT2D eigenvalue weighted by atomic mass is 16.3. The maximum Gasteiger partial charge on any atom is 0.267 e. The summed E-state index contributed by atoms with van der Waals surface area (Å²) in [6.07, 6.45) is 5.17. The quantitative estimate of drug-likeness (QED) is 0.628. The summed E-state index contributed by atoms with van der Waals surface area (Å²) in [7, 11) is 0. The molecule has 0 atom stereocenters. The number of nitrogens with one attached hydrogen (secondary N) is 1. The molecule has 2 aliphatic rings. The average molecular weight is 447 g/mol. The number of aromatic nitrogens is 2. The fourth-order valence-electron chi connectivity index (χ4n) is 4.79. The van der Waals surface area contributed by atoms with Crippen LogP contribution in [0, 0.1) is 5.92 Å². The molecule has 0 spiro atoms. The molecule has 1 saturated carbocycles. The van der Waals surface area contributed by atoms with E-state index < -0.39 is 0 Å². The van der Waals surface area contributed by atoms with E-state index in [0.717, 1.165) is 48.0 Å². The van der Waals surface area contributed by atoms with Gasteiger partial charge in [0.25, 0.3) is 11.5 Å². The summed E-state index contributed by atoms with van der Waals surface area (Å²) < 4.78 is 6.48. The van der Waals surface area contributed by atoms with Gasteiger partial charge in [-0.15, -0.1) is 0 Å². The molecular weight excluding hydrogens is 420 g/mol. The molecule has 0 saturated heterocycles. The SMILES string of the molecule is O=C(Cn1nc(-c2ccco2)ccc1=O)NC1CCC(CN2Cc3ccccc3C2=O)CC1. The Kier molecular flexibility index (Phi) is 5.81. The zero-order chi connectivity index (χ0) is 22.8. The Morgan fingerprint density at radius 3 is 2.61 bits per heavy atom. The first kappa shape index (κ1) is 21.2. The van der Waals surface area contributed by atoms with Crippen molar-refractivity contribution < 1.29 is 14.0 Å². The molecule has 1 aromatic carbocycles. The fourth-order valence-corrected chi connectivity index (χ4v) is 4.79. The number of benzene rings is 1. The van der Waals surface area contributed by atoms with Crippen molar-refractivity contribution >= 4 is 11.8 Å². The molecule has 33 heavy (non-hydrogen) atoms. The van der Waals surface area contributed by atoms with Crippen LogP contribution in [0.3, 0.4) is 0 Å². The summed E-state index contributed by atoms with van der Waals surface area (Å²) in [5.74, 6) is 0.873. The molecule has 8 heteroatoms. The smallest absolute Gasteiger partial charge is 0.267 e. The maximum absolute atomic E-state index is 12.6. The number of carbonyl (C=O) groups is 2. The third-order valence-corrected chi connectivity index (χ3v) is 6.52. The zero-order valence-electron chi connectivity index (χ0n) is 18.3. The Morgan fingerprint density at radius 2 is 1.85 bits per heavy atom. The van der Waals surface area contributed by atoms with Gasteiger partial charge in [0.15, 0.2) is 5.76 Å². The first-order valence-electron chi connectivity index (χ1n) is 11.4. The molecule has 1 N–H and O–H groups in total. The molecule has 1 fully saturated rings. The lowest BCUT2D eigenvalue weighted by Gasteiger charge is -2.31. The largest absolute Gasteiger partial charge is 0.463 e. The highest BCUT2D eigenvalue weighted by molar-refractivity contribution is 5.98. The first-order chi connectivity index (χ1) is 16.1. The van der Waals surface area contributed by atoms with Crippen LogP contribution in [-0.4, -0.2) is 39.1 Å². The Bertz CT molecular complexity index is 1210. The third kappa shape index (κ3) is 4.60. The van der Waals surface area contributed by atoms with Crippen LogP contribution in [0.25, 0.3) is 11.5 Å². The molecule has 3 aromatic rings. The average Bonchev–Trinajstić information content (AvgIpc) is 3.46. The van der Waals surface area contributed by atoms with Gasteiger partial charge < -0.3 is 14.6 Å². The van der Waals surface area contributed by atoms with Crippen molar-refractivity contribution in [3.8, 4) is 11.5 Å². The minimum absolute atomic E-state index is 0.0733. The van der Waals surface area contributed by atoms with E-state index in [9.17, 15) is 14.4 Å². The molecule has 1 aliphatic heterocycles. The van der Waals surface area contributed by atoms with Crippen molar-refractivity contribution in [1.82, 2.24) is 20.0 Å². The van der Waals surface area contributed by atoms with Gasteiger partial charge in [-0.3, -0.25) is 14.4 Å². The zero-order valence-corrected chi connectivity index (χ0v) is 18.3. The van der Waals surface area contributed by atoms with E-state index in [0.29, 0.717) is 23.9 Å². The summed E-state index contributed by atoms with van der Waals surface area (Å²) in [5.41, 5.74) is 2.09. The number of carbonyl (C=O) groups excluding carboxylic acids is 2. The molecule has 2 amide bonds. The first-order valence-corrected chi connectivity index (χ1v) is 11.4. The molecule has 0 radical (unpaired) electrons. The maximum atomic E-state index is 12.6. The highest BCUT2D eigenvalue weighted by Crippen LogP contribution is 2.29. The Labute approximate surface area is 191 Å². The van der Waals surface area contributed by atoms with Crippen LogP contribution in [0.5, 0.6) is 0 Å². The molecule has 2 aromatic heterocycles. The van der Waals surface area contributed by atoms with Gasteiger partial charge in [0, 0.05) is 30.8 Å². The predicted octanol–water partition coefficient (Wildman–Crippen LogP) is 2.83. The van der Waals surface area contributed by atoms with Crippen molar-refractivity contribution in [1.29, 1.82) is 0 Å². The summed E-state index contributed by atoms with van der Waals surface area (Å²) >= 11 is 0. The molecule has 3 heterocycles. The van der Waals surface area contributed by atoms with E-state index in [1.165, 1.54) is 12.3 Å².